The molecule has 1 aromatic rings. The molecule has 0 amide bonds. The van der Waals surface area contributed by atoms with Gasteiger partial charge in [-0.3, -0.25) is 4.90 Å². The largest absolute Gasteiger partial charge is 0.385 e. The van der Waals surface area contributed by atoms with E-state index in [1.165, 1.54) is 30.5 Å². The van der Waals surface area contributed by atoms with Gasteiger partial charge in [0.05, 0.1) is 0 Å². The fraction of sp³-hybridized carbons (Fsp3) is 0.647. The molecule has 0 spiro atoms. The van der Waals surface area contributed by atoms with Gasteiger partial charge in [-0.2, -0.15) is 0 Å². The van der Waals surface area contributed by atoms with Crippen molar-refractivity contribution in [2.75, 3.05) is 18.4 Å². The second-order valence-corrected chi connectivity index (χ2v) is 6.43. The number of nitrogens with one attached hydrogen (secondary N) is 2. The lowest BCUT2D eigenvalue weighted by Gasteiger charge is -2.34. The molecule has 1 saturated heterocycles. The maximum Gasteiger partial charge on any atom is 0.0385 e. The average Bonchev–Trinajstić information content (AvgIpc) is 2.81. The van der Waals surface area contributed by atoms with Gasteiger partial charge in [0.25, 0.3) is 0 Å². The molecule has 2 aliphatic heterocycles. The van der Waals surface area contributed by atoms with Gasteiger partial charge in [-0.05, 0) is 44.7 Å². The second kappa shape index (κ2) is 6.15. The number of anilines is 1. The Morgan fingerprint density at radius 3 is 2.75 bits per heavy atom. The molecule has 2 atom stereocenters. The summed E-state index contributed by atoms with van der Waals surface area (Å²) in [5.41, 5.74) is 2.69. The zero-order valence-corrected chi connectivity index (χ0v) is 12.7. The van der Waals surface area contributed by atoms with Gasteiger partial charge in [-0.15, -0.1) is 0 Å². The van der Waals surface area contributed by atoms with Gasteiger partial charge in [0.15, 0.2) is 0 Å². The molecule has 20 heavy (non-hydrogen) atoms. The lowest BCUT2D eigenvalue weighted by atomic mass is 10.1. The van der Waals surface area contributed by atoms with Crippen LogP contribution in [0.5, 0.6) is 0 Å². The fourth-order valence-corrected chi connectivity index (χ4v) is 3.92. The predicted octanol–water partition coefficient (Wildman–Crippen LogP) is 2.83. The van der Waals surface area contributed by atoms with Crippen LogP contribution in [0.3, 0.4) is 0 Å². The summed E-state index contributed by atoms with van der Waals surface area (Å²) in [7, 11) is 0. The van der Waals surface area contributed by atoms with Crippen LogP contribution in [0.4, 0.5) is 5.69 Å². The Kier molecular flexibility index (Phi) is 4.27. The lowest BCUT2D eigenvalue weighted by molar-refractivity contribution is 0.142. The Morgan fingerprint density at radius 2 is 1.90 bits per heavy atom. The zero-order valence-electron chi connectivity index (χ0n) is 12.7. The first-order chi connectivity index (χ1) is 9.75. The molecule has 2 heterocycles. The Bertz CT molecular complexity index is 407. The molecule has 0 aromatic heterocycles. The molecule has 2 bridgehead atoms. The molecule has 1 aromatic carbocycles. The molecule has 3 nitrogen and oxygen atoms in total. The molecule has 3 rings (SSSR count). The minimum atomic E-state index is 0.650. The average molecular weight is 273 g/mol. The summed E-state index contributed by atoms with van der Waals surface area (Å²) >= 11 is 0. The quantitative estimate of drug-likeness (QED) is 0.824. The van der Waals surface area contributed by atoms with Crippen molar-refractivity contribution in [1.29, 1.82) is 0 Å². The van der Waals surface area contributed by atoms with Crippen molar-refractivity contribution >= 4 is 5.69 Å². The van der Waals surface area contributed by atoms with Crippen molar-refractivity contribution < 1.29 is 0 Å². The summed E-state index contributed by atoms with van der Waals surface area (Å²) in [6, 6.07) is 10.8. The molecule has 3 heteroatoms. The van der Waals surface area contributed by atoms with Crippen LogP contribution in [0.2, 0.25) is 0 Å². The van der Waals surface area contributed by atoms with Gasteiger partial charge in [0, 0.05) is 43.4 Å². The lowest BCUT2D eigenvalue weighted by Crippen LogP contribution is -2.45. The van der Waals surface area contributed by atoms with E-state index in [0.717, 1.165) is 25.7 Å². The Hall–Kier alpha value is -1.06. The summed E-state index contributed by atoms with van der Waals surface area (Å²) in [5.74, 6) is 0. The smallest absolute Gasteiger partial charge is 0.0385 e. The first-order valence-electron chi connectivity index (χ1n) is 8.05. The van der Waals surface area contributed by atoms with Crippen LogP contribution in [-0.2, 0) is 6.54 Å². The molecule has 0 unspecified atom stereocenters. The highest BCUT2D eigenvalue weighted by Gasteiger charge is 2.34. The van der Waals surface area contributed by atoms with E-state index in [9.17, 15) is 0 Å². The predicted molar refractivity (Wildman–Crippen MR) is 85.0 cm³/mol. The van der Waals surface area contributed by atoms with Crippen molar-refractivity contribution in [2.24, 2.45) is 0 Å². The molecule has 2 aliphatic rings. The van der Waals surface area contributed by atoms with Crippen LogP contribution in [0.15, 0.2) is 24.3 Å². The van der Waals surface area contributed by atoms with Crippen LogP contribution in [0, 0.1) is 0 Å². The van der Waals surface area contributed by atoms with Gasteiger partial charge in [-0.1, -0.05) is 18.2 Å². The third-order valence-electron chi connectivity index (χ3n) is 4.78. The van der Waals surface area contributed by atoms with Crippen molar-refractivity contribution in [3.05, 3.63) is 29.8 Å². The molecule has 110 valence electrons. The molecular formula is C17H27N3. The van der Waals surface area contributed by atoms with Crippen molar-refractivity contribution in [3.8, 4) is 0 Å². The van der Waals surface area contributed by atoms with E-state index in [4.69, 9.17) is 0 Å². The molecular weight excluding hydrogens is 246 g/mol. The highest BCUT2D eigenvalue weighted by molar-refractivity contribution is 5.51. The Labute approximate surface area is 122 Å². The van der Waals surface area contributed by atoms with Crippen LogP contribution in [-0.4, -0.2) is 36.1 Å². The van der Waals surface area contributed by atoms with E-state index in [2.05, 4.69) is 53.6 Å². The number of hydrogen-bond acceptors (Lipinski definition) is 3. The monoisotopic (exact) mass is 273 g/mol. The Morgan fingerprint density at radius 1 is 1.10 bits per heavy atom. The first-order valence-corrected chi connectivity index (χ1v) is 8.05. The maximum absolute atomic E-state index is 3.67. The van der Waals surface area contributed by atoms with Gasteiger partial charge in [-0.25, -0.2) is 0 Å². The van der Waals surface area contributed by atoms with E-state index in [1.807, 2.05) is 0 Å². The standard InChI is InChI=1S/C17H27N3/c1-13(2)20-15-7-8-16(20)12-18-11-14-5-3-4-6-17(14)19-10-9-15/h3-6,13,15-16,18-19H,7-12H2,1-2H3/t15-,16+/m1/s1. The van der Waals surface area contributed by atoms with Crippen LogP contribution in [0.25, 0.3) is 0 Å². The van der Waals surface area contributed by atoms with E-state index >= 15 is 0 Å². The number of hydrogen-bond donors (Lipinski definition) is 2. The number of nitrogens with zero attached hydrogens (tertiary/aromatic N) is 1. The number of para-hydroxylation sites is 1. The van der Waals surface area contributed by atoms with Crippen molar-refractivity contribution in [1.82, 2.24) is 10.2 Å². The summed E-state index contributed by atoms with van der Waals surface area (Å²) in [5, 5.41) is 7.31. The van der Waals surface area contributed by atoms with Crippen LogP contribution < -0.4 is 10.6 Å². The molecule has 0 radical (unpaired) electrons. The van der Waals surface area contributed by atoms with Gasteiger partial charge < -0.3 is 10.6 Å². The van der Waals surface area contributed by atoms with E-state index in [-0.39, 0.29) is 0 Å². The Balaban J connectivity index is 1.77. The van der Waals surface area contributed by atoms with Crippen molar-refractivity contribution in [3.63, 3.8) is 0 Å². The highest BCUT2D eigenvalue weighted by Crippen LogP contribution is 2.29. The number of fused-ring (bicyclic) bond motifs is 3. The minimum absolute atomic E-state index is 0.650. The highest BCUT2D eigenvalue weighted by atomic mass is 15.2. The third-order valence-corrected chi connectivity index (χ3v) is 4.78. The zero-order chi connectivity index (χ0) is 13.9. The molecule has 1 fully saturated rings. The van der Waals surface area contributed by atoms with Gasteiger partial charge in [0.1, 0.15) is 0 Å². The summed E-state index contributed by atoms with van der Waals surface area (Å²) in [4.78, 5) is 2.74. The fourth-order valence-electron chi connectivity index (χ4n) is 3.92. The molecule has 0 saturated carbocycles. The molecule has 2 N–H and O–H groups in total. The van der Waals surface area contributed by atoms with Gasteiger partial charge >= 0.3 is 0 Å². The summed E-state index contributed by atoms with van der Waals surface area (Å²) in [6.07, 6.45) is 3.95. The summed E-state index contributed by atoms with van der Waals surface area (Å²) < 4.78 is 0. The topological polar surface area (TPSA) is 27.3 Å². The normalized spacial score (nSPS) is 27.8. The van der Waals surface area contributed by atoms with E-state index in [1.54, 1.807) is 0 Å². The third kappa shape index (κ3) is 2.84. The van der Waals surface area contributed by atoms with E-state index < -0.39 is 0 Å². The van der Waals surface area contributed by atoms with Gasteiger partial charge in [0.2, 0.25) is 0 Å². The maximum atomic E-state index is 3.67. The SMILES string of the molecule is CC(C)N1[C@H]2CCNc3ccccc3CNC[C@@H]1CC2. The second-order valence-electron chi connectivity index (χ2n) is 6.43. The van der Waals surface area contributed by atoms with Crippen molar-refractivity contribution in [2.45, 2.75) is 57.8 Å². The summed E-state index contributed by atoms with van der Waals surface area (Å²) in [6.45, 7) is 7.84. The minimum Gasteiger partial charge on any atom is -0.385 e. The first kappa shape index (κ1) is 13.9. The van der Waals surface area contributed by atoms with Crippen LogP contribution >= 0.6 is 0 Å². The molecule has 0 aliphatic carbocycles. The number of benzene rings is 1. The van der Waals surface area contributed by atoms with E-state index in [0.29, 0.717) is 12.1 Å². The van der Waals surface area contributed by atoms with Crippen LogP contribution in [0.1, 0.15) is 38.7 Å². The number of rotatable bonds is 1.